The fourth-order valence-electron chi connectivity index (χ4n) is 3.58. The van der Waals surface area contributed by atoms with Gasteiger partial charge in [-0.15, -0.1) is 0 Å². The number of sulfonamides is 1. The fourth-order valence-corrected chi connectivity index (χ4v) is 4.70. The molecule has 0 bridgehead atoms. The second-order valence-electron chi connectivity index (χ2n) is 7.65. The molecule has 1 aromatic heterocycles. The van der Waals surface area contributed by atoms with E-state index >= 15 is 0 Å². The van der Waals surface area contributed by atoms with Crippen molar-refractivity contribution in [1.82, 2.24) is 9.21 Å². The summed E-state index contributed by atoms with van der Waals surface area (Å²) in [6, 6.07) is 14.2. The van der Waals surface area contributed by atoms with Gasteiger partial charge in [-0.1, -0.05) is 12.1 Å². The maximum Gasteiger partial charge on any atom is 0.291 e. The van der Waals surface area contributed by atoms with E-state index in [1.165, 1.54) is 31.3 Å². The van der Waals surface area contributed by atoms with E-state index < -0.39 is 22.5 Å². The molecule has 10 nitrogen and oxygen atoms in total. The summed E-state index contributed by atoms with van der Waals surface area (Å²) in [7, 11) is -2.70. The number of fused-ring (bicyclic) bond motifs is 1. The van der Waals surface area contributed by atoms with Gasteiger partial charge in [-0.25, -0.2) is 8.42 Å². The smallest absolute Gasteiger partial charge is 0.291 e. The van der Waals surface area contributed by atoms with Crippen molar-refractivity contribution in [3.05, 3.63) is 59.9 Å². The van der Waals surface area contributed by atoms with Gasteiger partial charge < -0.3 is 19.4 Å². The summed E-state index contributed by atoms with van der Waals surface area (Å²) < 4.78 is 37.6. The summed E-state index contributed by atoms with van der Waals surface area (Å²) in [5.74, 6) is -1.04. The zero-order chi connectivity index (χ0) is 24.3. The van der Waals surface area contributed by atoms with Crippen LogP contribution >= 0.6 is 0 Å². The van der Waals surface area contributed by atoms with Crippen LogP contribution in [0.4, 0.5) is 5.69 Å². The lowest BCUT2D eigenvalue weighted by molar-refractivity contribution is -0.116. The quantitative estimate of drug-likeness (QED) is 0.568. The van der Waals surface area contributed by atoms with Gasteiger partial charge in [-0.2, -0.15) is 9.57 Å². The van der Waals surface area contributed by atoms with Gasteiger partial charge in [-0.3, -0.25) is 9.59 Å². The maximum absolute atomic E-state index is 13.1. The lowest BCUT2D eigenvalue weighted by Crippen LogP contribution is -2.41. The zero-order valence-corrected chi connectivity index (χ0v) is 19.2. The third kappa shape index (κ3) is 4.65. The summed E-state index contributed by atoms with van der Waals surface area (Å²) in [4.78, 5) is 27.5. The van der Waals surface area contributed by atoms with Crippen molar-refractivity contribution >= 4 is 38.5 Å². The van der Waals surface area contributed by atoms with Gasteiger partial charge in [-0.05, 0) is 36.4 Å². The number of ether oxygens (including phenoxy) is 1. The SMILES string of the molecule is CN(CC(=O)Nc1c(C(=O)N2CCOCC2)oc2ccccc12)S(=O)(=O)c1ccc(C#N)cc1. The van der Waals surface area contributed by atoms with Gasteiger partial charge in [0, 0.05) is 25.5 Å². The van der Waals surface area contributed by atoms with E-state index in [0.717, 1.165) is 4.31 Å². The molecule has 1 aliphatic rings. The molecule has 1 aliphatic heterocycles. The molecule has 1 saturated heterocycles. The predicted octanol–water partition coefficient (Wildman–Crippen LogP) is 2.04. The molecule has 2 aromatic carbocycles. The van der Waals surface area contributed by atoms with Crippen molar-refractivity contribution < 1.29 is 27.2 Å². The lowest BCUT2D eigenvalue weighted by Gasteiger charge is -2.26. The molecule has 0 saturated carbocycles. The molecule has 1 N–H and O–H groups in total. The largest absolute Gasteiger partial charge is 0.449 e. The third-order valence-corrected chi connectivity index (χ3v) is 7.23. The first-order valence-corrected chi connectivity index (χ1v) is 11.9. The average molecular weight is 483 g/mol. The highest BCUT2D eigenvalue weighted by atomic mass is 32.2. The number of nitriles is 1. The number of hydrogen-bond acceptors (Lipinski definition) is 7. The first kappa shape index (κ1) is 23.4. The summed E-state index contributed by atoms with van der Waals surface area (Å²) in [6.07, 6.45) is 0. The van der Waals surface area contributed by atoms with Crippen LogP contribution in [0.1, 0.15) is 16.1 Å². The van der Waals surface area contributed by atoms with Crippen LogP contribution in [0.2, 0.25) is 0 Å². The standard InChI is InChI=1S/C23H22N4O6S/c1-26(34(30,31)17-8-6-16(14-24)7-9-17)15-20(28)25-21-18-4-2-3-5-19(18)33-22(21)23(29)27-10-12-32-13-11-27/h2-9H,10-13,15H2,1H3,(H,25,28). The van der Waals surface area contributed by atoms with Crippen molar-refractivity contribution in [3.63, 3.8) is 0 Å². The minimum atomic E-state index is -3.97. The van der Waals surface area contributed by atoms with E-state index in [9.17, 15) is 18.0 Å². The van der Waals surface area contributed by atoms with Crippen LogP contribution in [-0.2, 0) is 19.6 Å². The second kappa shape index (κ2) is 9.64. The first-order chi connectivity index (χ1) is 16.3. The van der Waals surface area contributed by atoms with Gasteiger partial charge in [0.15, 0.2) is 0 Å². The Bertz CT molecular complexity index is 1370. The molecular weight excluding hydrogens is 460 g/mol. The monoisotopic (exact) mass is 482 g/mol. The summed E-state index contributed by atoms with van der Waals surface area (Å²) in [5, 5.41) is 12.1. The second-order valence-corrected chi connectivity index (χ2v) is 9.70. The fraction of sp³-hybridized carbons (Fsp3) is 0.261. The maximum atomic E-state index is 13.1. The minimum Gasteiger partial charge on any atom is -0.449 e. The van der Waals surface area contributed by atoms with Crippen molar-refractivity contribution in [1.29, 1.82) is 5.26 Å². The number of anilines is 1. The van der Waals surface area contributed by atoms with Gasteiger partial charge in [0.2, 0.25) is 21.7 Å². The Morgan fingerprint density at radius 2 is 1.79 bits per heavy atom. The van der Waals surface area contributed by atoms with E-state index in [2.05, 4.69) is 5.32 Å². The molecular formula is C23H22N4O6S. The Labute approximate surface area is 196 Å². The minimum absolute atomic E-state index is 0.0194. The van der Waals surface area contributed by atoms with Crippen molar-refractivity contribution in [2.24, 2.45) is 0 Å². The van der Waals surface area contributed by atoms with Gasteiger partial charge in [0.25, 0.3) is 5.91 Å². The molecule has 0 spiro atoms. The number of nitrogens with one attached hydrogen (secondary N) is 1. The predicted molar refractivity (Wildman–Crippen MR) is 123 cm³/mol. The zero-order valence-electron chi connectivity index (χ0n) is 18.4. The first-order valence-electron chi connectivity index (χ1n) is 10.5. The Hall–Kier alpha value is -3.72. The molecule has 2 amide bonds. The number of rotatable bonds is 6. The number of benzene rings is 2. The molecule has 3 aromatic rings. The summed E-state index contributed by atoms with van der Waals surface area (Å²) in [5.41, 5.74) is 0.942. The highest BCUT2D eigenvalue weighted by Crippen LogP contribution is 2.32. The molecule has 176 valence electrons. The van der Waals surface area contributed by atoms with Crippen LogP contribution in [0.15, 0.2) is 57.8 Å². The highest BCUT2D eigenvalue weighted by Gasteiger charge is 2.29. The number of carbonyl (C=O) groups is 2. The lowest BCUT2D eigenvalue weighted by atomic mass is 10.2. The summed E-state index contributed by atoms with van der Waals surface area (Å²) in [6.45, 7) is 1.12. The number of likely N-dealkylation sites (N-methyl/N-ethyl adjacent to an activating group) is 1. The van der Waals surface area contributed by atoms with E-state index in [0.29, 0.717) is 42.8 Å². The van der Waals surface area contributed by atoms with Crippen molar-refractivity contribution in [2.75, 3.05) is 45.2 Å². The van der Waals surface area contributed by atoms with E-state index in [-0.39, 0.29) is 22.3 Å². The summed E-state index contributed by atoms with van der Waals surface area (Å²) >= 11 is 0. The van der Waals surface area contributed by atoms with E-state index in [1.807, 2.05) is 6.07 Å². The Balaban J connectivity index is 1.56. The van der Waals surface area contributed by atoms with Crippen LogP contribution in [0, 0.1) is 11.3 Å². The Kier molecular flexibility index (Phi) is 6.65. The molecule has 0 unspecified atom stereocenters. The number of furan rings is 1. The molecule has 0 radical (unpaired) electrons. The number of amides is 2. The Morgan fingerprint density at radius 3 is 2.47 bits per heavy atom. The van der Waals surface area contributed by atoms with Crippen molar-refractivity contribution in [3.8, 4) is 6.07 Å². The average Bonchev–Trinajstić information content (AvgIpc) is 3.22. The number of para-hydroxylation sites is 1. The van der Waals surface area contributed by atoms with Crippen LogP contribution < -0.4 is 5.32 Å². The van der Waals surface area contributed by atoms with Gasteiger partial charge in [0.1, 0.15) is 11.3 Å². The molecule has 0 aliphatic carbocycles. The van der Waals surface area contributed by atoms with Crippen LogP contribution in [0.5, 0.6) is 0 Å². The molecule has 1 fully saturated rings. The van der Waals surface area contributed by atoms with Crippen LogP contribution in [-0.4, -0.2) is 69.3 Å². The number of nitrogens with zero attached hydrogens (tertiary/aromatic N) is 3. The third-order valence-electron chi connectivity index (χ3n) is 5.41. The van der Waals surface area contributed by atoms with E-state index in [1.54, 1.807) is 29.2 Å². The van der Waals surface area contributed by atoms with Crippen LogP contribution in [0.3, 0.4) is 0 Å². The normalized spacial score (nSPS) is 14.2. The topological polar surface area (TPSA) is 133 Å². The highest BCUT2D eigenvalue weighted by molar-refractivity contribution is 7.89. The molecule has 4 rings (SSSR count). The molecule has 34 heavy (non-hydrogen) atoms. The number of hydrogen-bond donors (Lipinski definition) is 1. The Morgan fingerprint density at radius 1 is 1.12 bits per heavy atom. The van der Waals surface area contributed by atoms with E-state index in [4.69, 9.17) is 14.4 Å². The number of morpholine rings is 1. The molecule has 11 heteroatoms. The molecule has 2 heterocycles. The van der Waals surface area contributed by atoms with Crippen molar-refractivity contribution in [2.45, 2.75) is 4.90 Å². The van der Waals surface area contributed by atoms with Gasteiger partial charge in [0.05, 0.1) is 36.3 Å². The molecule has 0 atom stereocenters. The number of carbonyl (C=O) groups excluding carboxylic acids is 2. The van der Waals surface area contributed by atoms with Gasteiger partial charge >= 0.3 is 0 Å². The van der Waals surface area contributed by atoms with Crippen LogP contribution in [0.25, 0.3) is 11.0 Å².